The van der Waals surface area contributed by atoms with Crippen LogP contribution in [0.5, 0.6) is 0 Å². The average molecular weight is 571 g/mol. The van der Waals surface area contributed by atoms with Crippen LogP contribution >= 0.6 is 0 Å². The van der Waals surface area contributed by atoms with Crippen LogP contribution in [-0.2, 0) is 27.9 Å². The molecular formula is C29H42N6O4S. The van der Waals surface area contributed by atoms with Gasteiger partial charge in [0.05, 0.1) is 24.6 Å². The minimum absolute atomic E-state index is 0.123. The lowest BCUT2D eigenvalue weighted by atomic mass is 10.2. The highest BCUT2D eigenvalue weighted by Crippen LogP contribution is 2.30. The summed E-state index contributed by atoms with van der Waals surface area (Å²) in [5.74, 6) is 0.514. The van der Waals surface area contributed by atoms with E-state index in [1.807, 2.05) is 52.9 Å². The molecule has 10 nitrogen and oxygen atoms in total. The zero-order valence-corrected chi connectivity index (χ0v) is 24.3. The van der Waals surface area contributed by atoms with Gasteiger partial charge in [0, 0.05) is 31.4 Å². The van der Waals surface area contributed by atoms with Crippen molar-refractivity contribution in [1.29, 1.82) is 0 Å². The third-order valence-electron chi connectivity index (χ3n) is 8.31. The topological polar surface area (TPSA) is 112 Å². The number of aliphatic hydroxyl groups excluding tert-OH is 1. The Kier molecular flexibility index (Phi) is 9.49. The van der Waals surface area contributed by atoms with Crippen molar-refractivity contribution in [2.45, 2.75) is 76.1 Å². The maximum absolute atomic E-state index is 13.8. The molecule has 1 saturated heterocycles. The number of β-amino-alcohol motifs (C(OH)–C–C–N with tert-alkyl or cyclic N) is 1. The highest BCUT2D eigenvalue weighted by Gasteiger charge is 2.38. The van der Waals surface area contributed by atoms with Crippen molar-refractivity contribution in [1.82, 2.24) is 29.1 Å². The van der Waals surface area contributed by atoms with E-state index >= 15 is 0 Å². The SMILES string of the molecule is CCN(CC)C1CCC(S(=O)(=O)NC(COCc2ccccc2)c2nnc3cccc(CN4CCC(O)C4)n23)C1. The van der Waals surface area contributed by atoms with Crippen LogP contribution < -0.4 is 4.72 Å². The Morgan fingerprint density at radius 2 is 1.88 bits per heavy atom. The molecule has 0 amide bonds. The van der Waals surface area contributed by atoms with Crippen molar-refractivity contribution in [3.05, 3.63) is 65.6 Å². The highest BCUT2D eigenvalue weighted by atomic mass is 32.2. The number of ether oxygens (including phenoxy) is 1. The van der Waals surface area contributed by atoms with Crippen molar-refractivity contribution in [3.63, 3.8) is 0 Å². The predicted molar refractivity (Wildman–Crippen MR) is 154 cm³/mol. The van der Waals surface area contributed by atoms with Crippen LogP contribution in [0.2, 0.25) is 0 Å². The Labute approximate surface area is 237 Å². The first-order chi connectivity index (χ1) is 19.4. The van der Waals surface area contributed by atoms with Crippen LogP contribution in [0.15, 0.2) is 48.5 Å². The van der Waals surface area contributed by atoms with Gasteiger partial charge in [-0.05, 0) is 56.5 Å². The van der Waals surface area contributed by atoms with Crippen LogP contribution in [-0.4, -0.2) is 88.1 Å². The summed E-state index contributed by atoms with van der Waals surface area (Å²) in [4.78, 5) is 4.55. The number of hydrogen-bond acceptors (Lipinski definition) is 8. The van der Waals surface area contributed by atoms with E-state index in [4.69, 9.17) is 4.74 Å². The summed E-state index contributed by atoms with van der Waals surface area (Å²) in [5.41, 5.74) is 2.62. The number of nitrogens with one attached hydrogen (secondary N) is 1. The second-order valence-electron chi connectivity index (χ2n) is 11.0. The average Bonchev–Trinajstić information content (AvgIpc) is 3.70. The number of likely N-dealkylation sites (tertiary alicyclic amines) is 1. The number of fused-ring (bicyclic) bond motifs is 1. The van der Waals surface area contributed by atoms with Crippen LogP contribution in [0.4, 0.5) is 0 Å². The number of aromatic nitrogens is 3. The molecule has 0 spiro atoms. The summed E-state index contributed by atoms with van der Waals surface area (Å²) in [5, 5.41) is 18.4. The van der Waals surface area contributed by atoms with E-state index in [1.165, 1.54) is 0 Å². The first kappa shape index (κ1) is 29.1. The summed E-state index contributed by atoms with van der Waals surface area (Å²) < 4.78 is 38.6. The molecule has 1 saturated carbocycles. The minimum Gasteiger partial charge on any atom is -0.392 e. The van der Waals surface area contributed by atoms with Crippen molar-refractivity contribution in [2.75, 3.05) is 32.8 Å². The first-order valence-electron chi connectivity index (χ1n) is 14.5. The summed E-state index contributed by atoms with van der Waals surface area (Å²) in [6.45, 7) is 8.60. The number of rotatable bonds is 13. The Balaban J connectivity index is 1.40. The Morgan fingerprint density at radius 3 is 2.60 bits per heavy atom. The van der Waals surface area contributed by atoms with Gasteiger partial charge in [0.15, 0.2) is 11.5 Å². The maximum atomic E-state index is 13.8. The number of pyridine rings is 1. The van der Waals surface area contributed by atoms with Crippen LogP contribution in [0, 0.1) is 0 Å². The molecule has 11 heteroatoms. The monoisotopic (exact) mass is 570 g/mol. The molecule has 40 heavy (non-hydrogen) atoms. The summed E-state index contributed by atoms with van der Waals surface area (Å²) in [6, 6.07) is 15.2. The Morgan fingerprint density at radius 1 is 1.07 bits per heavy atom. The van der Waals surface area contributed by atoms with Gasteiger partial charge in [-0.25, -0.2) is 13.1 Å². The normalized spacial score (nSPS) is 22.9. The molecule has 3 heterocycles. The molecule has 4 atom stereocenters. The fourth-order valence-electron chi connectivity index (χ4n) is 6.16. The van der Waals surface area contributed by atoms with E-state index in [0.29, 0.717) is 44.0 Å². The molecular weight excluding hydrogens is 528 g/mol. The van der Waals surface area contributed by atoms with E-state index in [0.717, 1.165) is 43.7 Å². The summed E-state index contributed by atoms with van der Waals surface area (Å²) >= 11 is 0. The first-order valence-corrected chi connectivity index (χ1v) is 16.0. The van der Waals surface area contributed by atoms with Crippen LogP contribution in [0.25, 0.3) is 5.65 Å². The molecule has 0 bridgehead atoms. The van der Waals surface area contributed by atoms with E-state index in [9.17, 15) is 13.5 Å². The van der Waals surface area contributed by atoms with Crippen LogP contribution in [0.3, 0.4) is 0 Å². The molecule has 218 valence electrons. The predicted octanol–water partition coefficient (Wildman–Crippen LogP) is 2.74. The Hall–Kier alpha value is -2.41. The third-order valence-corrected chi connectivity index (χ3v) is 10.2. The van der Waals surface area contributed by atoms with E-state index < -0.39 is 21.3 Å². The summed E-state index contributed by atoms with van der Waals surface area (Å²) in [6.07, 6.45) is 2.56. The largest absolute Gasteiger partial charge is 0.392 e. The summed E-state index contributed by atoms with van der Waals surface area (Å²) in [7, 11) is -3.66. The molecule has 2 N–H and O–H groups in total. The third kappa shape index (κ3) is 6.72. The minimum atomic E-state index is -3.66. The van der Waals surface area contributed by atoms with Crippen molar-refractivity contribution in [3.8, 4) is 0 Å². The lowest BCUT2D eigenvalue weighted by molar-refractivity contribution is 0.102. The van der Waals surface area contributed by atoms with Gasteiger partial charge in [-0.3, -0.25) is 9.30 Å². The Bertz CT molecular complexity index is 1350. The number of benzene rings is 1. The molecule has 2 aromatic heterocycles. The van der Waals surface area contributed by atoms with Gasteiger partial charge in [0.2, 0.25) is 10.0 Å². The fourth-order valence-corrected chi connectivity index (χ4v) is 7.84. The lowest BCUT2D eigenvalue weighted by Crippen LogP contribution is -2.40. The zero-order chi connectivity index (χ0) is 28.1. The van der Waals surface area contributed by atoms with Gasteiger partial charge in [-0.15, -0.1) is 10.2 Å². The maximum Gasteiger partial charge on any atom is 0.215 e. The van der Waals surface area contributed by atoms with Crippen molar-refractivity contribution < 1.29 is 18.3 Å². The second kappa shape index (κ2) is 13.1. The van der Waals surface area contributed by atoms with Gasteiger partial charge < -0.3 is 14.7 Å². The molecule has 2 aliphatic rings. The van der Waals surface area contributed by atoms with Gasteiger partial charge >= 0.3 is 0 Å². The standard InChI is InChI=1S/C29H42N6O4S/c1-3-34(4-2)23-13-14-26(17-23)40(37,38)32-27(21-39-20-22-9-6-5-7-10-22)29-31-30-28-12-8-11-24(35(28)29)18-33-16-15-25(36)19-33/h5-12,23,25-27,32,36H,3-4,13-21H2,1-2H3. The number of aliphatic hydroxyl groups is 1. The zero-order valence-electron chi connectivity index (χ0n) is 23.5. The van der Waals surface area contributed by atoms with E-state index in [-0.39, 0.29) is 18.8 Å². The van der Waals surface area contributed by atoms with Gasteiger partial charge in [0.1, 0.15) is 6.04 Å². The number of nitrogens with zero attached hydrogens (tertiary/aromatic N) is 5. The molecule has 1 aliphatic carbocycles. The fraction of sp³-hybridized carbons (Fsp3) is 0.586. The molecule has 4 unspecified atom stereocenters. The molecule has 3 aromatic rings. The van der Waals surface area contributed by atoms with Crippen LogP contribution in [0.1, 0.15) is 62.7 Å². The smallest absolute Gasteiger partial charge is 0.215 e. The highest BCUT2D eigenvalue weighted by molar-refractivity contribution is 7.90. The molecule has 1 aliphatic heterocycles. The lowest BCUT2D eigenvalue weighted by Gasteiger charge is -2.26. The number of hydrogen-bond donors (Lipinski definition) is 2. The number of sulfonamides is 1. The molecule has 0 radical (unpaired) electrons. The molecule has 1 aromatic carbocycles. The van der Waals surface area contributed by atoms with Gasteiger partial charge in [-0.2, -0.15) is 0 Å². The van der Waals surface area contributed by atoms with Gasteiger partial charge in [-0.1, -0.05) is 50.2 Å². The van der Waals surface area contributed by atoms with Crippen molar-refractivity contribution in [2.24, 2.45) is 0 Å². The van der Waals surface area contributed by atoms with Crippen molar-refractivity contribution >= 4 is 15.7 Å². The van der Waals surface area contributed by atoms with E-state index in [1.54, 1.807) is 0 Å². The molecule has 5 rings (SSSR count). The van der Waals surface area contributed by atoms with E-state index in [2.05, 4.69) is 38.6 Å². The molecule has 2 fully saturated rings. The quantitative estimate of drug-likeness (QED) is 0.323. The second-order valence-corrected chi connectivity index (χ2v) is 13.0. The van der Waals surface area contributed by atoms with Gasteiger partial charge in [0.25, 0.3) is 0 Å².